The van der Waals surface area contributed by atoms with Crippen LogP contribution < -0.4 is 0 Å². The standard InChI is InChI=1S/C3H4BrF3/c1-2(5)3(4,6)7/h2H,1H3. The maximum atomic E-state index is 11.4. The molecule has 0 aromatic heterocycles. The molecular formula is C3H4BrF3. The van der Waals surface area contributed by atoms with Crippen molar-refractivity contribution in [3.8, 4) is 0 Å². The molecule has 0 radical (unpaired) electrons. The molecule has 0 heterocycles. The molecule has 0 nitrogen and oxygen atoms in total. The second-order valence-electron chi connectivity index (χ2n) is 1.16. The van der Waals surface area contributed by atoms with Gasteiger partial charge in [0.25, 0.3) is 0 Å². The van der Waals surface area contributed by atoms with Gasteiger partial charge in [0.1, 0.15) is 0 Å². The maximum Gasteiger partial charge on any atom is 0.331 e. The van der Waals surface area contributed by atoms with Crippen molar-refractivity contribution >= 4 is 15.9 Å². The average molecular weight is 177 g/mol. The van der Waals surface area contributed by atoms with Crippen LogP contribution in [-0.2, 0) is 0 Å². The SMILES string of the molecule is CC(F)C(F)(F)Br. The molecule has 0 saturated heterocycles. The van der Waals surface area contributed by atoms with Crippen molar-refractivity contribution in [3.05, 3.63) is 0 Å². The lowest BCUT2D eigenvalue weighted by molar-refractivity contribution is 0.0317. The van der Waals surface area contributed by atoms with Gasteiger partial charge in [-0.25, -0.2) is 4.39 Å². The van der Waals surface area contributed by atoms with Crippen molar-refractivity contribution in [1.29, 1.82) is 0 Å². The van der Waals surface area contributed by atoms with E-state index in [0.29, 0.717) is 0 Å². The van der Waals surface area contributed by atoms with Crippen molar-refractivity contribution in [2.45, 2.75) is 17.9 Å². The summed E-state index contributed by atoms with van der Waals surface area (Å²) in [6, 6.07) is 0. The van der Waals surface area contributed by atoms with Gasteiger partial charge in [0.05, 0.1) is 0 Å². The van der Waals surface area contributed by atoms with Crippen LogP contribution >= 0.6 is 15.9 Å². The summed E-state index contributed by atoms with van der Waals surface area (Å²) in [7, 11) is 0. The van der Waals surface area contributed by atoms with Crippen LogP contribution in [0.1, 0.15) is 6.92 Å². The second kappa shape index (κ2) is 2.03. The van der Waals surface area contributed by atoms with E-state index in [9.17, 15) is 13.2 Å². The van der Waals surface area contributed by atoms with Crippen LogP contribution in [0.15, 0.2) is 0 Å². The van der Waals surface area contributed by atoms with E-state index in [1.54, 1.807) is 0 Å². The summed E-state index contributed by atoms with van der Waals surface area (Å²) in [6.07, 6.45) is -2.12. The largest absolute Gasteiger partial charge is 0.331 e. The van der Waals surface area contributed by atoms with Crippen LogP contribution in [-0.4, -0.2) is 11.0 Å². The Morgan fingerprint density at radius 3 is 1.71 bits per heavy atom. The van der Waals surface area contributed by atoms with Gasteiger partial charge in [-0.05, 0) is 22.9 Å². The summed E-state index contributed by atoms with van der Waals surface area (Å²) in [5.41, 5.74) is 0. The first-order valence-electron chi connectivity index (χ1n) is 1.65. The Bertz CT molecular complexity index is 55.7. The summed E-state index contributed by atoms with van der Waals surface area (Å²) < 4.78 is 34.2. The van der Waals surface area contributed by atoms with E-state index >= 15 is 0 Å². The zero-order chi connectivity index (χ0) is 6.08. The quantitative estimate of drug-likeness (QED) is 0.539. The fraction of sp³-hybridized carbons (Fsp3) is 1.00. The van der Waals surface area contributed by atoms with Crippen LogP contribution in [0.3, 0.4) is 0 Å². The first kappa shape index (κ1) is 7.27. The van der Waals surface area contributed by atoms with Gasteiger partial charge >= 0.3 is 4.83 Å². The minimum absolute atomic E-state index is 0.786. The molecule has 0 rings (SSSR count). The smallest absolute Gasteiger partial charge is 0.240 e. The minimum atomic E-state index is -3.35. The van der Waals surface area contributed by atoms with E-state index in [1.165, 1.54) is 0 Å². The molecule has 0 bridgehead atoms. The predicted octanol–water partition coefficient (Wildman–Crippen LogP) is 2.33. The summed E-state index contributed by atoms with van der Waals surface area (Å²) in [4.78, 5) is -3.35. The lowest BCUT2D eigenvalue weighted by Crippen LogP contribution is -2.17. The first-order valence-corrected chi connectivity index (χ1v) is 2.44. The molecule has 1 atom stereocenters. The maximum absolute atomic E-state index is 11.4. The Labute approximate surface area is 47.8 Å². The number of halogens is 4. The highest BCUT2D eigenvalue weighted by Crippen LogP contribution is 2.27. The van der Waals surface area contributed by atoms with Gasteiger partial charge in [-0.3, -0.25) is 0 Å². The van der Waals surface area contributed by atoms with Gasteiger partial charge in [0, 0.05) is 0 Å². The van der Waals surface area contributed by atoms with Crippen LogP contribution in [0, 0.1) is 0 Å². The Morgan fingerprint density at radius 2 is 1.71 bits per heavy atom. The van der Waals surface area contributed by atoms with E-state index < -0.39 is 11.0 Å². The van der Waals surface area contributed by atoms with E-state index in [1.807, 2.05) is 15.9 Å². The van der Waals surface area contributed by atoms with E-state index in [4.69, 9.17) is 0 Å². The molecule has 0 aliphatic carbocycles. The van der Waals surface area contributed by atoms with Gasteiger partial charge < -0.3 is 0 Å². The molecule has 7 heavy (non-hydrogen) atoms. The van der Waals surface area contributed by atoms with Crippen molar-refractivity contribution < 1.29 is 13.2 Å². The number of hydrogen-bond acceptors (Lipinski definition) is 0. The molecule has 0 saturated carbocycles. The third kappa shape index (κ3) is 2.91. The third-order valence-electron chi connectivity index (χ3n) is 0.451. The molecule has 0 amide bonds. The van der Waals surface area contributed by atoms with E-state index in [0.717, 1.165) is 6.92 Å². The lowest BCUT2D eigenvalue weighted by Gasteiger charge is -2.06. The molecule has 44 valence electrons. The van der Waals surface area contributed by atoms with Crippen molar-refractivity contribution in [2.24, 2.45) is 0 Å². The fourth-order valence-electron chi connectivity index (χ4n) is 0. The average Bonchev–Trinajstić information content (AvgIpc) is 1.31. The molecule has 0 aliphatic heterocycles. The zero-order valence-electron chi connectivity index (χ0n) is 3.59. The molecule has 0 spiro atoms. The zero-order valence-corrected chi connectivity index (χ0v) is 5.18. The van der Waals surface area contributed by atoms with E-state index in [-0.39, 0.29) is 0 Å². The van der Waals surface area contributed by atoms with Crippen molar-refractivity contribution in [1.82, 2.24) is 0 Å². The van der Waals surface area contributed by atoms with Gasteiger partial charge in [-0.2, -0.15) is 8.78 Å². The number of alkyl halides is 4. The fourth-order valence-corrected chi connectivity index (χ4v) is 0. The molecule has 0 aromatic rings. The minimum Gasteiger partial charge on any atom is -0.240 e. The number of rotatable bonds is 1. The second-order valence-corrected chi connectivity index (χ2v) is 2.21. The third-order valence-corrected chi connectivity index (χ3v) is 1.08. The highest BCUT2D eigenvalue weighted by molar-refractivity contribution is 9.10. The Hall–Kier alpha value is 0.270. The normalized spacial score (nSPS) is 16.7. The van der Waals surface area contributed by atoms with Gasteiger partial charge in [-0.1, -0.05) is 0 Å². The highest BCUT2D eigenvalue weighted by Gasteiger charge is 2.32. The molecule has 0 aliphatic rings. The highest BCUT2D eigenvalue weighted by atomic mass is 79.9. The Balaban J connectivity index is 3.54. The Kier molecular flexibility index (Phi) is 2.10. The van der Waals surface area contributed by atoms with Crippen LogP contribution in [0.4, 0.5) is 13.2 Å². The molecular weight excluding hydrogens is 173 g/mol. The number of hydrogen-bond donors (Lipinski definition) is 0. The summed E-state index contributed by atoms with van der Waals surface area (Å²) >= 11 is 1.83. The molecule has 0 aromatic carbocycles. The van der Waals surface area contributed by atoms with E-state index in [2.05, 4.69) is 0 Å². The molecule has 4 heteroatoms. The van der Waals surface area contributed by atoms with Crippen LogP contribution in [0.25, 0.3) is 0 Å². The summed E-state index contributed by atoms with van der Waals surface area (Å²) in [5.74, 6) is 0. The monoisotopic (exact) mass is 176 g/mol. The van der Waals surface area contributed by atoms with Gasteiger partial charge in [-0.15, -0.1) is 0 Å². The topological polar surface area (TPSA) is 0 Å². The molecule has 1 unspecified atom stereocenters. The molecule has 0 N–H and O–H groups in total. The van der Waals surface area contributed by atoms with Gasteiger partial charge in [0.2, 0.25) is 0 Å². The predicted molar refractivity (Wildman–Crippen MR) is 24.4 cm³/mol. The summed E-state index contributed by atoms with van der Waals surface area (Å²) in [6.45, 7) is 0.786. The van der Waals surface area contributed by atoms with Gasteiger partial charge in [0.15, 0.2) is 6.17 Å². The van der Waals surface area contributed by atoms with Crippen molar-refractivity contribution in [2.75, 3.05) is 0 Å². The lowest BCUT2D eigenvalue weighted by atomic mass is 10.5. The molecule has 0 fully saturated rings. The van der Waals surface area contributed by atoms with Crippen LogP contribution in [0.2, 0.25) is 0 Å². The van der Waals surface area contributed by atoms with Crippen molar-refractivity contribution in [3.63, 3.8) is 0 Å². The summed E-state index contributed by atoms with van der Waals surface area (Å²) in [5, 5.41) is 0. The Morgan fingerprint density at radius 1 is 1.57 bits per heavy atom. The van der Waals surface area contributed by atoms with Crippen LogP contribution in [0.5, 0.6) is 0 Å². The first-order chi connectivity index (χ1) is 2.94.